The molecule has 2 rings (SSSR count). The van der Waals surface area contributed by atoms with Crippen molar-refractivity contribution in [1.82, 2.24) is 0 Å². The summed E-state index contributed by atoms with van der Waals surface area (Å²) >= 11 is 0. The van der Waals surface area contributed by atoms with Crippen molar-refractivity contribution in [3.8, 4) is 0 Å². The number of primary amides is 1. The highest BCUT2D eigenvalue weighted by Gasteiger charge is 2.25. The van der Waals surface area contributed by atoms with Crippen LogP contribution in [-0.2, 0) is 11.2 Å². The Kier molecular flexibility index (Phi) is 4.80. The van der Waals surface area contributed by atoms with E-state index in [4.69, 9.17) is 5.73 Å². The number of amides is 1. The van der Waals surface area contributed by atoms with E-state index in [9.17, 15) is 4.79 Å². The first-order valence-corrected chi connectivity index (χ1v) is 7.08. The Morgan fingerprint density at radius 3 is 2.44 bits per heavy atom. The van der Waals surface area contributed by atoms with Gasteiger partial charge in [0.05, 0.1) is 0 Å². The van der Waals surface area contributed by atoms with E-state index < -0.39 is 0 Å². The molecule has 1 atom stereocenters. The molecule has 1 aliphatic carbocycles. The first-order chi connectivity index (χ1) is 8.75. The third kappa shape index (κ3) is 3.86. The van der Waals surface area contributed by atoms with Crippen LogP contribution >= 0.6 is 0 Å². The van der Waals surface area contributed by atoms with Gasteiger partial charge in [0.15, 0.2) is 0 Å². The van der Waals surface area contributed by atoms with Crippen molar-refractivity contribution < 1.29 is 4.79 Å². The highest BCUT2D eigenvalue weighted by molar-refractivity contribution is 5.74. The zero-order chi connectivity index (χ0) is 12.8. The predicted molar refractivity (Wildman–Crippen MR) is 74.0 cm³/mol. The van der Waals surface area contributed by atoms with Gasteiger partial charge in [-0.25, -0.2) is 0 Å². The van der Waals surface area contributed by atoms with Crippen LogP contribution in [0.5, 0.6) is 0 Å². The molecule has 1 unspecified atom stereocenters. The Morgan fingerprint density at radius 2 is 1.83 bits per heavy atom. The summed E-state index contributed by atoms with van der Waals surface area (Å²) in [7, 11) is 0. The topological polar surface area (TPSA) is 43.1 Å². The fourth-order valence-corrected chi connectivity index (χ4v) is 3.19. The van der Waals surface area contributed by atoms with Crippen molar-refractivity contribution in [3.63, 3.8) is 0 Å². The maximum Gasteiger partial charge on any atom is 0.217 e. The van der Waals surface area contributed by atoms with E-state index in [-0.39, 0.29) is 5.91 Å². The summed E-state index contributed by atoms with van der Waals surface area (Å²) in [6.07, 6.45) is 8.05. The average Bonchev–Trinajstić information content (AvgIpc) is 2.40. The largest absolute Gasteiger partial charge is 0.370 e. The van der Waals surface area contributed by atoms with Gasteiger partial charge in [-0.05, 0) is 23.8 Å². The molecule has 0 aromatic heterocycles. The van der Waals surface area contributed by atoms with Gasteiger partial charge in [-0.15, -0.1) is 0 Å². The van der Waals surface area contributed by atoms with E-state index in [0.29, 0.717) is 18.3 Å². The molecule has 1 aromatic rings. The molecule has 2 heteroatoms. The fourth-order valence-electron chi connectivity index (χ4n) is 3.19. The minimum atomic E-state index is -0.151. The second kappa shape index (κ2) is 6.58. The van der Waals surface area contributed by atoms with Crippen LogP contribution in [0.25, 0.3) is 0 Å². The molecule has 1 fully saturated rings. The molecule has 0 aliphatic heterocycles. The molecule has 98 valence electrons. The molecule has 2 nitrogen and oxygen atoms in total. The second-order valence-electron chi connectivity index (χ2n) is 5.52. The van der Waals surface area contributed by atoms with Crippen molar-refractivity contribution in [2.75, 3.05) is 0 Å². The smallest absolute Gasteiger partial charge is 0.217 e. The highest BCUT2D eigenvalue weighted by Crippen LogP contribution is 2.33. The Labute approximate surface area is 110 Å². The lowest BCUT2D eigenvalue weighted by atomic mass is 9.76. The van der Waals surface area contributed by atoms with Gasteiger partial charge in [-0.3, -0.25) is 4.79 Å². The predicted octanol–water partition coefficient (Wildman–Crippen LogP) is 3.30. The van der Waals surface area contributed by atoms with Crippen LogP contribution in [0.15, 0.2) is 30.3 Å². The van der Waals surface area contributed by atoms with Crippen molar-refractivity contribution in [3.05, 3.63) is 35.9 Å². The van der Waals surface area contributed by atoms with Gasteiger partial charge in [-0.2, -0.15) is 0 Å². The number of nitrogens with two attached hydrogens (primary N) is 1. The molecule has 0 spiro atoms. The monoisotopic (exact) mass is 245 g/mol. The van der Waals surface area contributed by atoms with Gasteiger partial charge in [-0.1, -0.05) is 62.4 Å². The standard InChI is InChI=1S/C16H23NO/c17-16(18)12-15(14-9-5-2-6-10-14)11-13-7-3-1-4-8-13/h1,3-4,7-8,14-15H,2,5-6,9-12H2,(H2,17,18). The maximum absolute atomic E-state index is 11.3. The lowest BCUT2D eigenvalue weighted by molar-refractivity contribution is -0.119. The molecular weight excluding hydrogens is 222 g/mol. The van der Waals surface area contributed by atoms with Gasteiger partial charge in [0.25, 0.3) is 0 Å². The van der Waals surface area contributed by atoms with E-state index in [2.05, 4.69) is 24.3 Å². The molecule has 1 aliphatic rings. The first kappa shape index (κ1) is 13.1. The van der Waals surface area contributed by atoms with E-state index in [0.717, 1.165) is 6.42 Å². The maximum atomic E-state index is 11.3. The molecule has 0 bridgehead atoms. The first-order valence-electron chi connectivity index (χ1n) is 7.08. The van der Waals surface area contributed by atoms with Crippen molar-refractivity contribution in [2.24, 2.45) is 17.6 Å². The zero-order valence-corrected chi connectivity index (χ0v) is 11.0. The van der Waals surface area contributed by atoms with Gasteiger partial charge in [0.1, 0.15) is 0 Å². The lowest BCUT2D eigenvalue weighted by Gasteiger charge is -2.29. The molecule has 0 saturated heterocycles. The third-order valence-electron chi connectivity index (χ3n) is 4.12. The van der Waals surface area contributed by atoms with E-state index >= 15 is 0 Å². The van der Waals surface area contributed by atoms with E-state index in [1.165, 1.54) is 37.7 Å². The molecular formula is C16H23NO. The molecule has 1 aromatic carbocycles. The summed E-state index contributed by atoms with van der Waals surface area (Å²) in [5, 5.41) is 0. The summed E-state index contributed by atoms with van der Waals surface area (Å²) in [6.45, 7) is 0. The Morgan fingerprint density at radius 1 is 1.17 bits per heavy atom. The van der Waals surface area contributed by atoms with Crippen molar-refractivity contribution in [2.45, 2.75) is 44.9 Å². The van der Waals surface area contributed by atoms with Crippen LogP contribution in [0.1, 0.15) is 44.1 Å². The Bertz CT molecular complexity index is 368. The molecule has 0 heterocycles. The molecule has 0 radical (unpaired) electrons. The normalized spacial score (nSPS) is 18.4. The number of benzene rings is 1. The van der Waals surface area contributed by atoms with Gasteiger partial charge in [0, 0.05) is 6.42 Å². The van der Waals surface area contributed by atoms with Crippen LogP contribution in [0.3, 0.4) is 0 Å². The average molecular weight is 245 g/mol. The number of carbonyl (C=O) groups excluding carboxylic acids is 1. The summed E-state index contributed by atoms with van der Waals surface area (Å²) in [4.78, 5) is 11.3. The minimum absolute atomic E-state index is 0.151. The molecule has 2 N–H and O–H groups in total. The Hall–Kier alpha value is -1.31. The summed E-state index contributed by atoms with van der Waals surface area (Å²) in [6, 6.07) is 10.5. The molecule has 1 amide bonds. The van der Waals surface area contributed by atoms with Crippen molar-refractivity contribution >= 4 is 5.91 Å². The van der Waals surface area contributed by atoms with Gasteiger partial charge >= 0.3 is 0 Å². The zero-order valence-electron chi connectivity index (χ0n) is 11.0. The quantitative estimate of drug-likeness (QED) is 0.849. The van der Waals surface area contributed by atoms with Crippen LogP contribution in [-0.4, -0.2) is 5.91 Å². The number of hydrogen-bond donors (Lipinski definition) is 1. The van der Waals surface area contributed by atoms with Crippen LogP contribution < -0.4 is 5.73 Å². The van der Waals surface area contributed by atoms with Crippen LogP contribution in [0, 0.1) is 11.8 Å². The van der Waals surface area contributed by atoms with Crippen LogP contribution in [0.4, 0.5) is 0 Å². The number of rotatable bonds is 5. The summed E-state index contributed by atoms with van der Waals surface area (Å²) in [5.41, 5.74) is 6.74. The SMILES string of the molecule is NC(=O)CC(Cc1ccccc1)C1CCCCC1. The second-order valence-corrected chi connectivity index (χ2v) is 5.52. The summed E-state index contributed by atoms with van der Waals surface area (Å²) in [5.74, 6) is 0.971. The van der Waals surface area contributed by atoms with Gasteiger partial charge < -0.3 is 5.73 Å². The number of hydrogen-bond acceptors (Lipinski definition) is 1. The van der Waals surface area contributed by atoms with E-state index in [1.54, 1.807) is 0 Å². The molecule has 1 saturated carbocycles. The summed E-state index contributed by atoms with van der Waals surface area (Å²) < 4.78 is 0. The van der Waals surface area contributed by atoms with Crippen molar-refractivity contribution in [1.29, 1.82) is 0 Å². The van der Waals surface area contributed by atoms with Crippen LogP contribution in [0.2, 0.25) is 0 Å². The lowest BCUT2D eigenvalue weighted by Crippen LogP contribution is -2.26. The van der Waals surface area contributed by atoms with E-state index in [1.807, 2.05) is 6.07 Å². The third-order valence-corrected chi connectivity index (χ3v) is 4.12. The molecule has 18 heavy (non-hydrogen) atoms. The Balaban J connectivity index is 2.02. The van der Waals surface area contributed by atoms with Gasteiger partial charge in [0.2, 0.25) is 5.91 Å². The fraction of sp³-hybridized carbons (Fsp3) is 0.562. The highest BCUT2D eigenvalue weighted by atomic mass is 16.1. The number of carbonyl (C=O) groups is 1. The minimum Gasteiger partial charge on any atom is -0.370 e.